The number of hydrogen-bond acceptors (Lipinski definition) is 4. The molecule has 0 spiro atoms. The summed E-state index contributed by atoms with van der Waals surface area (Å²) in [5.41, 5.74) is 2.95. The lowest BCUT2D eigenvalue weighted by molar-refractivity contribution is -0.116. The zero-order valence-corrected chi connectivity index (χ0v) is 17.4. The number of azo groups is 1. The molecule has 1 saturated carbocycles. The van der Waals surface area contributed by atoms with Crippen molar-refractivity contribution in [2.45, 2.75) is 65.2 Å². The van der Waals surface area contributed by atoms with Gasteiger partial charge in [0, 0.05) is 30.0 Å². The Labute approximate surface area is 170 Å². The minimum atomic E-state index is -0.00512. The molecule has 0 unspecified atom stereocenters. The maximum absolute atomic E-state index is 12.3. The normalized spacial score (nSPS) is 24.4. The van der Waals surface area contributed by atoms with Gasteiger partial charge in [-0.1, -0.05) is 11.6 Å². The van der Waals surface area contributed by atoms with Crippen molar-refractivity contribution >= 4 is 35.0 Å². The zero-order valence-electron chi connectivity index (χ0n) is 16.7. The molecule has 7 heteroatoms. The molecular weight excluding hydrogens is 376 g/mol. The van der Waals surface area contributed by atoms with Crippen LogP contribution in [0.1, 0.15) is 52.0 Å². The standard InChI is InChI=1S/C21H27ClN4O2/c1-12(2)28-16-6-4-14(5-7-16)19-20-17(11-23-25-19)21-18(24-20)10-15(22)8-9-26(21)13(3)27/h8,10,12,14,16,24H,4-7,9,11H2,1-3H3/t14-,16-. The van der Waals surface area contributed by atoms with Crippen LogP contribution in [-0.2, 0) is 16.1 Å². The van der Waals surface area contributed by atoms with Crippen molar-refractivity contribution in [3.8, 4) is 0 Å². The number of carbonyl (C=O) groups is 1. The van der Waals surface area contributed by atoms with Gasteiger partial charge in [0.15, 0.2) is 0 Å². The molecule has 28 heavy (non-hydrogen) atoms. The lowest BCUT2D eigenvalue weighted by Gasteiger charge is -2.30. The van der Waals surface area contributed by atoms with Crippen molar-refractivity contribution in [2.24, 2.45) is 16.1 Å². The Morgan fingerprint density at radius 2 is 2.07 bits per heavy atom. The van der Waals surface area contributed by atoms with Gasteiger partial charge in [0.2, 0.25) is 5.91 Å². The third kappa shape index (κ3) is 3.67. The number of halogens is 1. The summed E-state index contributed by atoms with van der Waals surface area (Å²) in [6.45, 7) is 6.70. The van der Waals surface area contributed by atoms with Crippen molar-refractivity contribution in [3.63, 3.8) is 0 Å². The van der Waals surface area contributed by atoms with Crippen molar-refractivity contribution in [1.82, 2.24) is 4.98 Å². The molecule has 1 amide bonds. The summed E-state index contributed by atoms with van der Waals surface area (Å²) in [5, 5.41) is 11.4. The van der Waals surface area contributed by atoms with Crippen molar-refractivity contribution in [1.29, 1.82) is 0 Å². The van der Waals surface area contributed by atoms with E-state index >= 15 is 0 Å². The van der Waals surface area contributed by atoms with Crippen LogP contribution in [0.15, 0.2) is 21.3 Å². The molecule has 150 valence electrons. The molecule has 4 rings (SSSR count). The lowest BCUT2D eigenvalue weighted by atomic mass is 9.84. The summed E-state index contributed by atoms with van der Waals surface area (Å²) in [6.07, 6.45) is 8.50. The van der Waals surface area contributed by atoms with E-state index in [1.54, 1.807) is 11.8 Å². The Balaban J connectivity index is 1.73. The van der Waals surface area contributed by atoms with E-state index in [-0.39, 0.29) is 12.0 Å². The van der Waals surface area contributed by atoms with Crippen LogP contribution in [0.3, 0.4) is 0 Å². The molecule has 0 saturated heterocycles. The summed E-state index contributed by atoms with van der Waals surface area (Å²) in [4.78, 5) is 17.5. The number of nitrogens with zero attached hydrogens (tertiary/aromatic N) is 3. The second-order valence-corrected chi connectivity index (χ2v) is 8.48. The summed E-state index contributed by atoms with van der Waals surface area (Å²) < 4.78 is 5.99. The third-order valence-corrected chi connectivity index (χ3v) is 5.96. The average molecular weight is 403 g/mol. The summed E-state index contributed by atoms with van der Waals surface area (Å²) in [7, 11) is 0. The number of H-pyrrole nitrogens is 1. The van der Waals surface area contributed by atoms with E-state index in [9.17, 15) is 4.79 Å². The summed E-state index contributed by atoms with van der Waals surface area (Å²) in [5.74, 6) is 0.350. The van der Waals surface area contributed by atoms with E-state index in [1.807, 2.05) is 12.2 Å². The highest BCUT2D eigenvalue weighted by molar-refractivity contribution is 6.34. The minimum Gasteiger partial charge on any atom is -0.376 e. The molecule has 0 atom stereocenters. The minimum absolute atomic E-state index is 0.00512. The summed E-state index contributed by atoms with van der Waals surface area (Å²) in [6, 6.07) is 0. The SMILES string of the molecule is CC(=O)N1CC=C(Cl)C=c2[nH]c3c(c21)CN=NC=3[C@H]1CC[C@H](OC(C)C)CC1. The smallest absolute Gasteiger partial charge is 0.224 e. The zero-order chi connectivity index (χ0) is 19.8. The first-order chi connectivity index (χ1) is 13.4. The fourth-order valence-corrected chi connectivity index (χ4v) is 4.64. The van der Waals surface area contributed by atoms with Gasteiger partial charge in [-0.05, 0) is 51.7 Å². The maximum atomic E-state index is 12.3. The van der Waals surface area contributed by atoms with Crippen LogP contribution in [0.2, 0.25) is 0 Å². The van der Waals surface area contributed by atoms with Crippen LogP contribution in [0.4, 0.5) is 5.69 Å². The number of carbonyl (C=O) groups excluding carboxylic acids is 1. The van der Waals surface area contributed by atoms with Crippen molar-refractivity contribution < 1.29 is 9.53 Å². The fraction of sp³-hybridized carbons (Fsp3) is 0.571. The monoisotopic (exact) mass is 402 g/mol. The van der Waals surface area contributed by atoms with E-state index in [4.69, 9.17) is 16.3 Å². The van der Waals surface area contributed by atoms with E-state index in [1.165, 1.54) is 0 Å². The molecular formula is C21H27ClN4O2. The van der Waals surface area contributed by atoms with E-state index < -0.39 is 0 Å². The van der Waals surface area contributed by atoms with Crippen LogP contribution in [0.25, 0.3) is 11.8 Å². The molecule has 1 aromatic heterocycles. The van der Waals surface area contributed by atoms with Crippen LogP contribution < -0.4 is 15.6 Å². The number of aromatic amines is 1. The number of rotatable bonds is 3. The molecule has 1 N–H and O–H groups in total. The number of hydrogen-bond donors (Lipinski definition) is 1. The molecule has 0 aromatic carbocycles. The number of nitrogens with one attached hydrogen (secondary N) is 1. The number of amides is 1. The van der Waals surface area contributed by atoms with Crippen molar-refractivity contribution in [2.75, 3.05) is 11.4 Å². The van der Waals surface area contributed by atoms with E-state index in [0.29, 0.717) is 30.1 Å². The largest absolute Gasteiger partial charge is 0.376 e. The molecule has 1 aromatic rings. The Morgan fingerprint density at radius 1 is 1.32 bits per heavy atom. The first-order valence-corrected chi connectivity index (χ1v) is 10.4. The van der Waals surface area contributed by atoms with Gasteiger partial charge in [0.05, 0.1) is 40.8 Å². The molecule has 3 aliphatic rings. The number of fused-ring (bicyclic) bond motifs is 3. The number of anilines is 1. The topological polar surface area (TPSA) is 70.0 Å². The third-order valence-electron chi connectivity index (χ3n) is 5.69. The molecule has 3 heterocycles. The average Bonchev–Trinajstić information content (AvgIpc) is 2.90. The van der Waals surface area contributed by atoms with Gasteiger partial charge in [-0.2, -0.15) is 10.2 Å². The van der Waals surface area contributed by atoms with E-state index in [0.717, 1.165) is 53.3 Å². The summed E-state index contributed by atoms with van der Waals surface area (Å²) >= 11 is 6.31. The fourth-order valence-electron chi connectivity index (χ4n) is 4.46. The van der Waals surface area contributed by atoms with Gasteiger partial charge in [0.25, 0.3) is 0 Å². The quantitative estimate of drug-likeness (QED) is 0.842. The Kier molecular flexibility index (Phi) is 5.43. The van der Waals surface area contributed by atoms with Crippen LogP contribution in [0, 0.1) is 5.92 Å². The van der Waals surface area contributed by atoms with Gasteiger partial charge in [-0.15, -0.1) is 0 Å². The number of aromatic nitrogens is 1. The first-order valence-electron chi connectivity index (χ1n) is 10.1. The Hall–Kier alpha value is -1.92. The highest BCUT2D eigenvalue weighted by Crippen LogP contribution is 2.34. The van der Waals surface area contributed by atoms with Crippen LogP contribution in [-0.4, -0.2) is 29.6 Å². The molecule has 1 fully saturated rings. The lowest BCUT2D eigenvalue weighted by Crippen LogP contribution is -2.32. The second-order valence-electron chi connectivity index (χ2n) is 8.05. The molecule has 0 radical (unpaired) electrons. The molecule has 2 aliphatic heterocycles. The maximum Gasteiger partial charge on any atom is 0.224 e. The second kappa shape index (κ2) is 7.84. The molecule has 0 bridgehead atoms. The highest BCUT2D eigenvalue weighted by atomic mass is 35.5. The van der Waals surface area contributed by atoms with Gasteiger partial charge in [-0.3, -0.25) is 4.79 Å². The van der Waals surface area contributed by atoms with E-state index in [2.05, 4.69) is 29.1 Å². The highest BCUT2D eigenvalue weighted by Gasteiger charge is 2.29. The number of allylic oxidation sites excluding steroid dienone is 1. The Morgan fingerprint density at radius 3 is 2.75 bits per heavy atom. The van der Waals surface area contributed by atoms with Crippen molar-refractivity contribution in [3.05, 3.63) is 27.4 Å². The first kappa shape index (κ1) is 19.4. The molecule has 6 nitrogen and oxygen atoms in total. The van der Waals surface area contributed by atoms with Gasteiger partial charge in [0.1, 0.15) is 0 Å². The molecule has 1 aliphatic carbocycles. The predicted molar refractivity (Wildman–Crippen MR) is 110 cm³/mol. The van der Waals surface area contributed by atoms with Gasteiger partial charge < -0.3 is 14.6 Å². The Bertz CT molecular complexity index is 952. The van der Waals surface area contributed by atoms with Gasteiger partial charge in [-0.25, -0.2) is 0 Å². The number of ether oxygens (including phenoxy) is 1. The van der Waals surface area contributed by atoms with Crippen LogP contribution in [0.5, 0.6) is 0 Å². The predicted octanol–water partition coefficient (Wildman–Crippen LogP) is 3.34. The van der Waals surface area contributed by atoms with Crippen LogP contribution >= 0.6 is 11.6 Å². The van der Waals surface area contributed by atoms with Gasteiger partial charge >= 0.3 is 0 Å².